The van der Waals surface area contributed by atoms with Crippen molar-refractivity contribution in [2.24, 2.45) is 0 Å². The van der Waals surface area contributed by atoms with Crippen molar-refractivity contribution in [3.63, 3.8) is 0 Å². The maximum absolute atomic E-state index is 5.97. The van der Waals surface area contributed by atoms with Crippen LogP contribution in [0.2, 0.25) is 4.34 Å². The van der Waals surface area contributed by atoms with Gasteiger partial charge in [-0.15, -0.1) is 22.7 Å². The van der Waals surface area contributed by atoms with E-state index in [2.05, 4.69) is 40.3 Å². The van der Waals surface area contributed by atoms with Crippen LogP contribution in [0, 0.1) is 6.92 Å². The molecule has 16 heavy (non-hydrogen) atoms. The molecule has 0 aliphatic heterocycles. The first-order valence-electron chi connectivity index (χ1n) is 4.80. The molecule has 0 bridgehead atoms. The normalized spacial score (nSPS) is 13.0. The lowest BCUT2D eigenvalue weighted by molar-refractivity contribution is 0.716. The van der Waals surface area contributed by atoms with Gasteiger partial charge in [-0.2, -0.15) is 0 Å². The van der Waals surface area contributed by atoms with Gasteiger partial charge in [-0.3, -0.25) is 0 Å². The topological polar surface area (TPSA) is 12.0 Å². The molecule has 2 aromatic heterocycles. The minimum atomic E-state index is 0.243. The molecule has 0 aliphatic carbocycles. The molecule has 1 unspecified atom stereocenters. The van der Waals surface area contributed by atoms with Crippen molar-refractivity contribution in [1.82, 2.24) is 5.32 Å². The standard InChI is InChI=1S/C11H11BrClNS2/c1-6-5-8(16-11(6)12)10(14-2)7-3-4-9(13)15-7/h3-5,10,14H,1-2H3. The maximum atomic E-state index is 5.97. The summed E-state index contributed by atoms with van der Waals surface area (Å²) in [5.74, 6) is 0. The summed E-state index contributed by atoms with van der Waals surface area (Å²) >= 11 is 12.9. The molecule has 0 radical (unpaired) electrons. The van der Waals surface area contributed by atoms with Crippen molar-refractivity contribution in [2.75, 3.05) is 7.05 Å². The predicted molar refractivity (Wildman–Crippen MR) is 77.0 cm³/mol. The Bertz CT molecular complexity index is 472. The molecule has 1 atom stereocenters. The first-order valence-corrected chi connectivity index (χ1v) is 7.60. The maximum Gasteiger partial charge on any atom is 0.0931 e. The number of aryl methyl sites for hydroxylation is 1. The largest absolute Gasteiger partial charge is 0.308 e. The summed E-state index contributed by atoms with van der Waals surface area (Å²) < 4.78 is 2.04. The van der Waals surface area contributed by atoms with Crippen LogP contribution in [-0.2, 0) is 0 Å². The Hall–Kier alpha value is 0.130. The van der Waals surface area contributed by atoms with Crippen molar-refractivity contribution in [3.05, 3.63) is 41.6 Å². The lowest BCUT2D eigenvalue weighted by atomic mass is 10.2. The van der Waals surface area contributed by atoms with Crippen LogP contribution in [0.3, 0.4) is 0 Å². The van der Waals surface area contributed by atoms with Crippen LogP contribution in [0.5, 0.6) is 0 Å². The van der Waals surface area contributed by atoms with Gasteiger partial charge in [0.1, 0.15) is 0 Å². The molecule has 0 aromatic carbocycles. The number of rotatable bonds is 3. The predicted octanol–water partition coefficient (Wildman–Crippen LogP) is 4.84. The van der Waals surface area contributed by atoms with Crippen LogP contribution < -0.4 is 5.32 Å². The SMILES string of the molecule is CNC(c1ccc(Cl)s1)c1cc(C)c(Br)s1. The highest BCUT2D eigenvalue weighted by molar-refractivity contribution is 9.11. The molecule has 2 heterocycles. The van der Waals surface area contributed by atoms with Crippen molar-refractivity contribution >= 4 is 50.2 Å². The van der Waals surface area contributed by atoms with Gasteiger partial charge in [0, 0.05) is 9.75 Å². The van der Waals surface area contributed by atoms with Crippen LogP contribution >= 0.6 is 50.2 Å². The number of nitrogens with one attached hydrogen (secondary N) is 1. The quantitative estimate of drug-likeness (QED) is 0.845. The first kappa shape index (κ1) is 12.6. The highest BCUT2D eigenvalue weighted by atomic mass is 79.9. The van der Waals surface area contributed by atoms with Gasteiger partial charge in [0.05, 0.1) is 14.2 Å². The smallest absolute Gasteiger partial charge is 0.0931 e. The Kier molecular flexibility index (Phi) is 4.08. The second-order valence-electron chi connectivity index (χ2n) is 3.47. The van der Waals surface area contributed by atoms with Gasteiger partial charge in [0.15, 0.2) is 0 Å². The number of hydrogen-bond acceptors (Lipinski definition) is 3. The summed E-state index contributed by atoms with van der Waals surface area (Å²) in [6, 6.07) is 6.48. The summed E-state index contributed by atoms with van der Waals surface area (Å²) in [7, 11) is 1.97. The summed E-state index contributed by atoms with van der Waals surface area (Å²) in [6.07, 6.45) is 0. The van der Waals surface area contributed by atoms with Crippen LogP contribution in [0.15, 0.2) is 22.0 Å². The lowest BCUT2D eigenvalue weighted by Gasteiger charge is -2.11. The lowest BCUT2D eigenvalue weighted by Crippen LogP contribution is -2.14. The Morgan fingerprint density at radius 2 is 2.06 bits per heavy atom. The average molecular weight is 337 g/mol. The van der Waals surface area contributed by atoms with Crippen molar-refractivity contribution in [2.45, 2.75) is 13.0 Å². The molecule has 2 rings (SSSR count). The molecule has 0 saturated heterocycles. The summed E-state index contributed by atoms with van der Waals surface area (Å²) in [6.45, 7) is 2.11. The molecule has 5 heteroatoms. The van der Waals surface area contributed by atoms with Gasteiger partial charge in [-0.1, -0.05) is 11.6 Å². The van der Waals surface area contributed by atoms with Gasteiger partial charge in [0.25, 0.3) is 0 Å². The fourth-order valence-corrected chi connectivity index (χ4v) is 4.50. The molecule has 1 nitrogen and oxygen atoms in total. The van der Waals surface area contributed by atoms with Crippen molar-refractivity contribution < 1.29 is 0 Å². The number of thiophene rings is 2. The van der Waals surface area contributed by atoms with Crippen LogP contribution in [0.1, 0.15) is 21.4 Å². The van der Waals surface area contributed by atoms with E-state index < -0.39 is 0 Å². The monoisotopic (exact) mass is 335 g/mol. The van der Waals surface area contributed by atoms with Gasteiger partial charge in [-0.25, -0.2) is 0 Å². The minimum Gasteiger partial charge on any atom is -0.308 e. The van der Waals surface area contributed by atoms with E-state index in [1.54, 1.807) is 22.7 Å². The summed E-state index contributed by atoms with van der Waals surface area (Å²) in [5.41, 5.74) is 1.28. The fraction of sp³-hybridized carbons (Fsp3) is 0.273. The first-order chi connectivity index (χ1) is 7.61. The highest BCUT2D eigenvalue weighted by Gasteiger charge is 2.17. The van der Waals surface area contributed by atoms with Crippen LogP contribution in [0.4, 0.5) is 0 Å². The second-order valence-corrected chi connectivity index (χ2v) is 7.62. The van der Waals surface area contributed by atoms with E-state index in [1.807, 2.05) is 13.1 Å². The Morgan fingerprint density at radius 3 is 2.50 bits per heavy atom. The zero-order valence-corrected chi connectivity index (χ0v) is 12.9. The van der Waals surface area contributed by atoms with E-state index in [1.165, 1.54) is 19.1 Å². The van der Waals surface area contributed by atoms with Gasteiger partial charge in [-0.05, 0) is 53.7 Å². The Labute approximate surface area is 117 Å². The molecule has 0 amide bonds. The molecule has 2 aromatic rings. The molecule has 0 saturated carbocycles. The average Bonchev–Trinajstić information content (AvgIpc) is 2.77. The third-order valence-electron chi connectivity index (χ3n) is 2.33. The third-order valence-corrected chi connectivity index (χ3v) is 5.83. The van der Waals surface area contributed by atoms with Crippen molar-refractivity contribution in [3.8, 4) is 0 Å². The van der Waals surface area contributed by atoms with Gasteiger partial charge < -0.3 is 5.32 Å². The number of hydrogen-bond donors (Lipinski definition) is 1. The van der Waals surface area contributed by atoms with Crippen LogP contribution in [-0.4, -0.2) is 7.05 Å². The van der Waals surface area contributed by atoms with E-state index in [-0.39, 0.29) is 6.04 Å². The zero-order valence-electron chi connectivity index (χ0n) is 8.88. The summed E-state index contributed by atoms with van der Waals surface area (Å²) in [4.78, 5) is 2.56. The third kappa shape index (κ3) is 2.51. The second kappa shape index (κ2) is 5.19. The molecular formula is C11H11BrClNS2. The van der Waals surface area contributed by atoms with E-state index in [9.17, 15) is 0 Å². The van der Waals surface area contributed by atoms with Gasteiger partial charge >= 0.3 is 0 Å². The van der Waals surface area contributed by atoms with Crippen molar-refractivity contribution in [1.29, 1.82) is 0 Å². The van der Waals surface area contributed by atoms with Crippen LogP contribution in [0.25, 0.3) is 0 Å². The van der Waals surface area contributed by atoms with E-state index >= 15 is 0 Å². The molecule has 0 fully saturated rings. The Balaban J connectivity index is 2.36. The van der Waals surface area contributed by atoms with E-state index in [0.717, 1.165) is 4.34 Å². The molecule has 0 aliphatic rings. The molecule has 86 valence electrons. The Morgan fingerprint density at radius 1 is 1.31 bits per heavy atom. The fourth-order valence-electron chi connectivity index (χ4n) is 1.53. The number of halogens is 2. The molecule has 1 N–H and O–H groups in total. The minimum absolute atomic E-state index is 0.243. The molecule has 0 spiro atoms. The zero-order chi connectivity index (χ0) is 11.7. The van der Waals surface area contributed by atoms with E-state index in [4.69, 9.17) is 11.6 Å². The molecular weight excluding hydrogens is 326 g/mol. The highest BCUT2D eigenvalue weighted by Crippen LogP contribution is 2.37. The van der Waals surface area contributed by atoms with E-state index in [0.29, 0.717) is 0 Å². The van der Waals surface area contributed by atoms with Gasteiger partial charge in [0.2, 0.25) is 0 Å². The summed E-state index contributed by atoms with van der Waals surface area (Å²) in [5, 5.41) is 3.33.